The first-order chi connectivity index (χ1) is 10.7. The fourth-order valence-electron chi connectivity index (χ4n) is 2.59. The molecule has 4 nitrogen and oxygen atoms in total. The van der Waals surface area contributed by atoms with Gasteiger partial charge in [-0.2, -0.15) is 0 Å². The van der Waals surface area contributed by atoms with Gasteiger partial charge in [-0.15, -0.1) is 12.4 Å². The number of benzene rings is 2. The van der Waals surface area contributed by atoms with E-state index in [0.29, 0.717) is 18.7 Å². The number of rotatable bonds is 4. The van der Waals surface area contributed by atoms with E-state index >= 15 is 0 Å². The summed E-state index contributed by atoms with van der Waals surface area (Å²) in [5.41, 5.74) is 7.65. The molecule has 1 aliphatic heterocycles. The zero-order valence-electron chi connectivity index (χ0n) is 12.9. The largest absolute Gasteiger partial charge is 0.489 e. The number of ether oxygens (including phenoxy) is 1. The molecule has 1 fully saturated rings. The molecule has 0 radical (unpaired) electrons. The van der Waals surface area contributed by atoms with Crippen LogP contribution in [0.2, 0.25) is 0 Å². The van der Waals surface area contributed by atoms with Crippen molar-refractivity contribution in [2.45, 2.75) is 19.1 Å². The molecule has 1 saturated heterocycles. The molecule has 2 aromatic carbocycles. The third kappa shape index (κ3) is 4.47. The zero-order chi connectivity index (χ0) is 15.4. The maximum atomic E-state index is 12.3. The van der Waals surface area contributed by atoms with Crippen LogP contribution in [0, 0.1) is 0 Å². The molecule has 1 amide bonds. The van der Waals surface area contributed by atoms with E-state index in [2.05, 4.69) is 0 Å². The van der Waals surface area contributed by atoms with Gasteiger partial charge < -0.3 is 15.4 Å². The highest BCUT2D eigenvalue weighted by Crippen LogP contribution is 2.17. The Hall–Kier alpha value is -2.04. The molecule has 0 aliphatic carbocycles. The molecule has 1 aliphatic rings. The first-order valence-electron chi connectivity index (χ1n) is 7.54. The van der Waals surface area contributed by atoms with Gasteiger partial charge in [0.25, 0.3) is 5.91 Å². The lowest BCUT2D eigenvalue weighted by molar-refractivity contribution is 0.0791. The average molecular weight is 333 g/mol. The van der Waals surface area contributed by atoms with Crippen LogP contribution >= 0.6 is 12.4 Å². The van der Waals surface area contributed by atoms with E-state index in [1.165, 1.54) is 0 Å². The second-order valence-electron chi connectivity index (χ2n) is 5.60. The summed E-state index contributed by atoms with van der Waals surface area (Å²) >= 11 is 0. The molecule has 1 atom stereocenters. The molecule has 0 saturated carbocycles. The lowest BCUT2D eigenvalue weighted by atomic mass is 10.2. The lowest BCUT2D eigenvalue weighted by Gasteiger charge is -2.16. The minimum absolute atomic E-state index is 0. The smallest absolute Gasteiger partial charge is 0.253 e. The van der Waals surface area contributed by atoms with Crippen LogP contribution in [0.1, 0.15) is 22.3 Å². The minimum Gasteiger partial charge on any atom is -0.489 e. The molecule has 3 rings (SSSR count). The highest BCUT2D eigenvalue weighted by Gasteiger charge is 2.24. The first-order valence-corrected chi connectivity index (χ1v) is 7.54. The fourth-order valence-corrected chi connectivity index (χ4v) is 2.59. The Morgan fingerprint density at radius 2 is 1.83 bits per heavy atom. The Labute approximate surface area is 142 Å². The van der Waals surface area contributed by atoms with Crippen molar-refractivity contribution in [3.05, 3.63) is 65.7 Å². The van der Waals surface area contributed by atoms with Gasteiger partial charge in [0.15, 0.2) is 0 Å². The second kappa shape index (κ2) is 7.99. The topological polar surface area (TPSA) is 55.6 Å². The molecular formula is C18H21ClN2O2. The standard InChI is InChI=1S/C18H20N2O2.ClH/c19-16-10-11-20(12-16)18(21)15-6-8-17(9-7-15)22-13-14-4-2-1-3-5-14;/h1-9,16H,10-13,19H2;1H/t16-;/m0./s1. The van der Waals surface area contributed by atoms with Gasteiger partial charge in [0.1, 0.15) is 12.4 Å². The molecule has 23 heavy (non-hydrogen) atoms. The summed E-state index contributed by atoms with van der Waals surface area (Å²) in [6.45, 7) is 1.91. The molecule has 5 heteroatoms. The Bertz CT molecular complexity index is 631. The number of nitrogens with zero attached hydrogens (tertiary/aromatic N) is 1. The summed E-state index contributed by atoms with van der Waals surface area (Å²) in [7, 11) is 0. The average Bonchev–Trinajstić information content (AvgIpc) is 3.00. The van der Waals surface area contributed by atoms with E-state index in [1.54, 1.807) is 0 Å². The van der Waals surface area contributed by atoms with Gasteiger partial charge in [-0.1, -0.05) is 30.3 Å². The number of hydrogen-bond acceptors (Lipinski definition) is 3. The summed E-state index contributed by atoms with van der Waals surface area (Å²) in [6.07, 6.45) is 0.879. The second-order valence-corrected chi connectivity index (χ2v) is 5.60. The molecule has 0 bridgehead atoms. The van der Waals surface area contributed by atoms with Crippen LogP contribution < -0.4 is 10.5 Å². The summed E-state index contributed by atoms with van der Waals surface area (Å²) in [5.74, 6) is 0.807. The number of nitrogens with two attached hydrogens (primary N) is 1. The zero-order valence-corrected chi connectivity index (χ0v) is 13.7. The first kappa shape index (κ1) is 17.3. The highest BCUT2D eigenvalue weighted by molar-refractivity contribution is 5.94. The Kier molecular flexibility index (Phi) is 6.02. The van der Waals surface area contributed by atoms with Gasteiger partial charge in [0, 0.05) is 24.7 Å². The summed E-state index contributed by atoms with van der Waals surface area (Å²) in [4.78, 5) is 14.1. The molecule has 2 aromatic rings. The number of halogens is 1. The monoisotopic (exact) mass is 332 g/mol. The molecular weight excluding hydrogens is 312 g/mol. The van der Waals surface area contributed by atoms with Crippen molar-refractivity contribution in [1.82, 2.24) is 4.90 Å². The minimum atomic E-state index is 0. The van der Waals surface area contributed by atoms with E-state index in [9.17, 15) is 4.79 Å². The molecule has 0 unspecified atom stereocenters. The summed E-state index contributed by atoms with van der Waals surface area (Å²) in [5, 5.41) is 0. The molecule has 0 aromatic heterocycles. The Morgan fingerprint density at radius 3 is 2.43 bits per heavy atom. The predicted octanol–water partition coefficient (Wildman–Crippen LogP) is 2.86. The maximum absolute atomic E-state index is 12.3. The maximum Gasteiger partial charge on any atom is 0.253 e. The third-order valence-electron chi connectivity index (χ3n) is 3.86. The quantitative estimate of drug-likeness (QED) is 0.936. The molecule has 0 spiro atoms. The van der Waals surface area contributed by atoms with E-state index in [0.717, 1.165) is 24.3 Å². The normalized spacial score (nSPS) is 16.7. The van der Waals surface area contributed by atoms with Gasteiger partial charge in [0.2, 0.25) is 0 Å². The Balaban J connectivity index is 0.00000192. The van der Waals surface area contributed by atoms with Crippen LogP contribution in [-0.2, 0) is 6.61 Å². The van der Waals surface area contributed by atoms with Gasteiger partial charge >= 0.3 is 0 Å². The van der Waals surface area contributed by atoms with Crippen LogP contribution in [0.4, 0.5) is 0 Å². The van der Waals surface area contributed by atoms with Gasteiger partial charge in [-0.25, -0.2) is 0 Å². The number of hydrogen-bond donors (Lipinski definition) is 1. The highest BCUT2D eigenvalue weighted by atomic mass is 35.5. The van der Waals surface area contributed by atoms with Crippen LogP contribution in [0.15, 0.2) is 54.6 Å². The summed E-state index contributed by atoms with van der Waals surface area (Å²) < 4.78 is 5.72. The number of carbonyl (C=O) groups excluding carboxylic acids is 1. The van der Waals surface area contributed by atoms with Crippen molar-refractivity contribution in [2.75, 3.05) is 13.1 Å². The SMILES string of the molecule is Cl.N[C@H]1CCN(C(=O)c2ccc(OCc3ccccc3)cc2)C1. The van der Waals surface area contributed by atoms with Gasteiger partial charge in [0.05, 0.1) is 0 Å². The van der Waals surface area contributed by atoms with E-state index < -0.39 is 0 Å². The van der Waals surface area contributed by atoms with Crippen molar-refractivity contribution < 1.29 is 9.53 Å². The van der Waals surface area contributed by atoms with Gasteiger partial charge in [-0.3, -0.25) is 4.79 Å². The van der Waals surface area contributed by atoms with Crippen LogP contribution in [-0.4, -0.2) is 29.9 Å². The number of amides is 1. The summed E-state index contributed by atoms with van der Waals surface area (Å²) in [6, 6.07) is 17.4. The molecule has 2 N–H and O–H groups in total. The lowest BCUT2D eigenvalue weighted by Crippen LogP contribution is -2.31. The van der Waals surface area contributed by atoms with Crippen molar-refractivity contribution in [3.63, 3.8) is 0 Å². The fraction of sp³-hybridized carbons (Fsp3) is 0.278. The van der Waals surface area contributed by atoms with Crippen LogP contribution in [0.3, 0.4) is 0 Å². The van der Waals surface area contributed by atoms with E-state index in [1.807, 2.05) is 59.5 Å². The van der Waals surface area contributed by atoms with Crippen LogP contribution in [0.25, 0.3) is 0 Å². The van der Waals surface area contributed by atoms with Gasteiger partial charge in [-0.05, 0) is 36.2 Å². The van der Waals surface area contributed by atoms with E-state index in [-0.39, 0.29) is 24.4 Å². The molecule has 1 heterocycles. The Morgan fingerprint density at radius 1 is 1.13 bits per heavy atom. The van der Waals surface area contributed by atoms with Crippen molar-refractivity contribution in [3.8, 4) is 5.75 Å². The van der Waals surface area contributed by atoms with Crippen molar-refractivity contribution >= 4 is 18.3 Å². The third-order valence-corrected chi connectivity index (χ3v) is 3.86. The predicted molar refractivity (Wildman–Crippen MR) is 93.0 cm³/mol. The van der Waals surface area contributed by atoms with Crippen molar-refractivity contribution in [2.24, 2.45) is 5.73 Å². The molecule has 122 valence electrons. The van der Waals surface area contributed by atoms with Crippen molar-refractivity contribution in [1.29, 1.82) is 0 Å². The number of likely N-dealkylation sites (tertiary alicyclic amines) is 1. The number of carbonyl (C=O) groups is 1. The van der Waals surface area contributed by atoms with E-state index in [4.69, 9.17) is 10.5 Å². The van der Waals surface area contributed by atoms with Crippen LogP contribution in [0.5, 0.6) is 5.75 Å².